The Kier molecular flexibility index (Phi) is 4.05. The highest BCUT2D eigenvalue weighted by Gasteiger charge is 2.12. The van der Waals surface area contributed by atoms with Crippen molar-refractivity contribution in [2.45, 2.75) is 32.6 Å². The number of halogens is 1. The molecular formula is C19H19FO. The van der Waals surface area contributed by atoms with Gasteiger partial charge in [0.15, 0.2) is 0 Å². The fourth-order valence-electron chi connectivity index (χ4n) is 2.76. The van der Waals surface area contributed by atoms with Gasteiger partial charge in [-0.2, -0.15) is 0 Å². The van der Waals surface area contributed by atoms with Gasteiger partial charge in [0, 0.05) is 17.4 Å². The van der Waals surface area contributed by atoms with E-state index < -0.39 is 0 Å². The van der Waals surface area contributed by atoms with Gasteiger partial charge in [0.1, 0.15) is 11.4 Å². The van der Waals surface area contributed by atoms with E-state index in [1.807, 2.05) is 30.3 Å². The predicted octanol–water partition coefficient (Wildman–Crippen LogP) is 5.51. The van der Waals surface area contributed by atoms with Gasteiger partial charge >= 0.3 is 0 Å². The molecule has 0 spiro atoms. The summed E-state index contributed by atoms with van der Waals surface area (Å²) < 4.78 is 19.8. The van der Waals surface area contributed by atoms with Gasteiger partial charge in [0.25, 0.3) is 0 Å². The second-order valence-corrected chi connectivity index (χ2v) is 5.41. The molecule has 0 amide bonds. The number of aryl methyl sites for hydroxylation is 1. The summed E-state index contributed by atoms with van der Waals surface area (Å²) in [5.41, 5.74) is 3.83. The predicted molar refractivity (Wildman–Crippen MR) is 84.0 cm³/mol. The van der Waals surface area contributed by atoms with Gasteiger partial charge in [-0.3, -0.25) is 0 Å². The van der Waals surface area contributed by atoms with Crippen LogP contribution in [-0.4, -0.2) is 0 Å². The lowest BCUT2D eigenvalue weighted by Gasteiger charge is -2.10. The van der Waals surface area contributed by atoms with Crippen LogP contribution in [0.25, 0.3) is 11.0 Å². The minimum absolute atomic E-state index is 0.117. The first-order valence-electron chi connectivity index (χ1n) is 7.51. The molecule has 0 atom stereocenters. The number of unbranched alkanes of at least 4 members (excludes halogenated alkanes) is 1. The first kappa shape index (κ1) is 13.9. The largest absolute Gasteiger partial charge is 0.464 e. The van der Waals surface area contributed by atoms with Crippen molar-refractivity contribution in [3.63, 3.8) is 0 Å². The molecule has 3 rings (SSSR count). The Balaban J connectivity index is 1.97. The van der Waals surface area contributed by atoms with Crippen LogP contribution in [0.1, 0.15) is 36.5 Å². The van der Waals surface area contributed by atoms with Crippen LogP contribution in [0.15, 0.2) is 53.1 Å². The lowest BCUT2D eigenvalue weighted by molar-refractivity contribution is 0.601. The minimum atomic E-state index is -0.117. The van der Waals surface area contributed by atoms with Crippen molar-refractivity contribution in [2.24, 2.45) is 0 Å². The molecule has 2 heteroatoms. The normalized spacial score (nSPS) is 11.1. The molecule has 1 nitrogen and oxygen atoms in total. The number of fused-ring (bicyclic) bond motifs is 1. The summed E-state index contributed by atoms with van der Waals surface area (Å²) in [6.07, 6.45) is 5.47. The topological polar surface area (TPSA) is 13.1 Å². The summed E-state index contributed by atoms with van der Waals surface area (Å²) in [6, 6.07) is 13.3. The number of benzene rings is 2. The van der Waals surface area contributed by atoms with Gasteiger partial charge in [-0.25, -0.2) is 4.39 Å². The molecule has 2 aromatic carbocycles. The van der Waals surface area contributed by atoms with Crippen LogP contribution < -0.4 is 0 Å². The van der Waals surface area contributed by atoms with E-state index in [2.05, 4.69) is 6.92 Å². The van der Waals surface area contributed by atoms with Crippen LogP contribution in [0, 0.1) is 5.82 Å². The smallest absolute Gasteiger partial charge is 0.134 e. The highest BCUT2D eigenvalue weighted by Crippen LogP contribution is 2.26. The molecule has 0 bridgehead atoms. The Labute approximate surface area is 124 Å². The zero-order valence-corrected chi connectivity index (χ0v) is 12.2. The quantitative estimate of drug-likeness (QED) is 0.601. The van der Waals surface area contributed by atoms with Gasteiger partial charge in [0.2, 0.25) is 0 Å². The maximum absolute atomic E-state index is 14.2. The number of rotatable bonds is 5. The first-order valence-corrected chi connectivity index (χ1v) is 7.51. The molecule has 0 aliphatic rings. The van der Waals surface area contributed by atoms with Crippen molar-refractivity contribution in [2.75, 3.05) is 0 Å². The average molecular weight is 282 g/mol. The Hall–Kier alpha value is -2.09. The second kappa shape index (κ2) is 6.13. The summed E-state index contributed by atoms with van der Waals surface area (Å²) in [7, 11) is 0. The van der Waals surface area contributed by atoms with Gasteiger partial charge in [-0.15, -0.1) is 0 Å². The van der Waals surface area contributed by atoms with E-state index in [1.165, 1.54) is 0 Å². The van der Waals surface area contributed by atoms with Gasteiger partial charge in [0.05, 0.1) is 6.26 Å². The average Bonchev–Trinajstić information content (AvgIpc) is 2.91. The summed E-state index contributed by atoms with van der Waals surface area (Å²) in [6.45, 7) is 2.16. The molecule has 0 unspecified atom stereocenters. The van der Waals surface area contributed by atoms with E-state index in [9.17, 15) is 4.39 Å². The maximum Gasteiger partial charge on any atom is 0.134 e. The van der Waals surface area contributed by atoms with Gasteiger partial charge in [-0.05, 0) is 36.1 Å². The van der Waals surface area contributed by atoms with Crippen LogP contribution in [0.3, 0.4) is 0 Å². The number of furan rings is 1. The molecular weight excluding hydrogens is 263 g/mol. The van der Waals surface area contributed by atoms with Crippen molar-refractivity contribution < 1.29 is 8.81 Å². The van der Waals surface area contributed by atoms with E-state index >= 15 is 0 Å². The van der Waals surface area contributed by atoms with Crippen LogP contribution in [-0.2, 0) is 12.8 Å². The molecule has 0 radical (unpaired) electrons. The molecule has 21 heavy (non-hydrogen) atoms. The van der Waals surface area contributed by atoms with E-state index in [0.717, 1.165) is 46.9 Å². The molecule has 3 aromatic rings. The molecule has 108 valence electrons. The SMILES string of the molecule is CCCCc1cccc(F)c1Cc1coc2ccccc12. The van der Waals surface area contributed by atoms with Crippen molar-refractivity contribution in [3.8, 4) is 0 Å². The lowest BCUT2D eigenvalue weighted by atomic mass is 9.96. The molecule has 0 fully saturated rings. The van der Waals surface area contributed by atoms with Crippen LogP contribution >= 0.6 is 0 Å². The maximum atomic E-state index is 14.2. The lowest BCUT2D eigenvalue weighted by Crippen LogP contribution is -1.99. The third-order valence-electron chi connectivity index (χ3n) is 3.94. The van der Waals surface area contributed by atoms with Crippen molar-refractivity contribution in [3.05, 3.63) is 71.2 Å². The van der Waals surface area contributed by atoms with E-state index in [4.69, 9.17) is 4.42 Å². The number of para-hydroxylation sites is 1. The summed E-state index contributed by atoms with van der Waals surface area (Å²) in [5, 5.41) is 1.07. The van der Waals surface area contributed by atoms with Crippen molar-refractivity contribution in [1.82, 2.24) is 0 Å². The van der Waals surface area contributed by atoms with Crippen LogP contribution in [0.5, 0.6) is 0 Å². The molecule has 1 aromatic heterocycles. The Morgan fingerprint density at radius 1 is 1.00 bits per heavy atom. The van der Waals surface area contributed by atoms with Crippen LogP contribution in [0.4, 0.5) is 4.39 Å². The summed E-state index contributed by atoms with van der Waals surface area (Å²) in [5.74, 6) is -0.117. The van der Waals surface area contributed by atoms with E-state index in [1.54, 1.807) is 18.4 Å². The fraction of sp³-hybridized carbons (Fsp3) is 0.263. The van der Waals surface area contributed by atoms with Gasteiger partial charge in [-0.1, -0.05) is 43.7 Å². The Morgan fingerprint density at radius 3 is 2.71 bits per heavy atom. The highest BCUT2D eigenvalue weighted by molar-refractivity contribution is 5.81. The standard InChI is InChI=1S/C19H19FO/c1-2-3-7-14-8-6-10-18(20)17(14)12-15-13-21-19-11-5-4-9-16(15)19/h4-6,8-11,13H,2-3,7,12H2,1H3. The molecule has 0 N–H and O–H groups in total. The number of hydrogen-bond donors (Lipinski definition) is 0. The fourth-order valence-corrected chi connectivity index (χ4v) is 2.76. The molecule has 0 aliphatic carbocycles. The zero-order chi connectivity index (χ0) is 14.7. The van der Waals surface area contributed by atoms with Crippen molar-refractivity contribution >= 4 is 11.0 Å². The summed E-state index contributed by atoms with van der Waals surface area (Å²) in [4.78, 5) is 0. The third-order valence-corrected chi connectivity index (χ3v) is 3.94. The molecule has 0 aliphatic heterocycles. The molecule has 0 saturated heterocycles. The molecule has 0 saturated carbocycles. The molecule has 1 heterocycles. The second-order valence-electron chi connectivity index (χ2n) is 5.41. The zero-order valence-electron chi connectivity index (χ0n) is 12.2. The van der Waals surface area contributed by atoms with E-state index in [0.29, 0.717) is 6.42 Å². The van der Waals surface area contributed by atoms with Crippen molar-refractivity contribution in [1.29, 1.82) is 0 Å². The van der Waals surface area contributed by atoms with E-state index in [-0.39, 0.29) is 5.82 Å². The minimum Gasteiger partial charge on any atom is -0.464 e. The van der Waals surface area contributed by atoms with Gasteiger partial charge < -0.3 is 4.42 Å². The number of hydrogen-bond acceptors (Lipinski definition) is 1. The highest BCUT2D eigenvalue weighted by atomic mass is 19.1. The third kappa shape index (κ3) is 2.85. The first-order chi connectivity index (χ1) is 10.3. The summed E-state index contributed by atoms with van der Waals surface area (Å²) >= 11 is 0. The van der Waals surface area contributed by atoms with Crippen LogP contribution in [0.2, 0.25) is 0 Å². The Morgan fingerprint density at radius 2 is 1.86 bits per heavy atom. The monoisotopic (exact) mass is 282 g/mol. The Bertz CT molecular complexity index is 742.